The van der Waals surface area contributed by atoms with Gasteiger partial charge in [-0.1, -0.05) is 18.6 Å². The van der Waals surface area contributed by atoms with Gasteiger partial charge in [-0.3, -0.25) is 9.69 Å². The maximum atomic E-state index is 12.2. The molecule has 4 nitrogen and oxygen atoms in total. The molecule has 1 aliphatic rings. The first-order valence-corrected chi connectivity index (χ1v) is 6.94. The molecule has 4 heteroatoms. The summed E-state index contributed by atoms with van der Waals surface area (Å²) in [6.07, 6.45) is 3.53. The smallest absolute Gasteiger partial charge is 0.237 e. The molecule has 1 rings (SSSR count). The van der Waals surface area contributed by atoms with Gasteiger partial charge in [0.2, 0.25) is 5.91 Å². The molecule has 2 N–H and O–H groups in total. The molecule has 0 radical (unpaired) electrons. The number of carbonyl (C=O) groups is 1. The zero-order valence-corrected chi connectivity index (χ0v) is 11.8. The van der Waals surface area contributed by atoms with Crippen molar-refractivity contribution in [3.63, 3.8) is 0 Å². The van der Waals surface area contributed by atoms with Crippen molar-refractivity contribution >= 4 is 5.91 Å². The number of likely N-dealkylation sites (tertiary alicyclic amines) is 1. The third-order valence-corrected chi connectivity index (χ3v) is 3.55. The van der Waals surface area contributed by atoms with Crippen LogP contribution in [0.15, 0.2) is 12.2 Å². The highest BCUT2D eigenvalue weighted by Gasteiger charge is 2.24. The molecule has 1 unspecified atom stereocenters. The highest BCUT2D eigenvalue weighted by molar-refractivity contribution is 5.78. The van der Waals surface area contributed by atoms with Crippen LogP contribution in [0.25, 0.3) is 0 Å². The van der Waals surface area contributed by atoms with E-state index in [1.54, 1.807) is 0 Å². The summed E-state index contributed by atoms with van der Waals surface area (Å²) in [5, 5.41) is 0. The van der Waals surface area contributed by atoms with Crippen LogP contribution >= 0.6 is 0 Å². The van der Waals surface area contributed by atoms with Crippen LogP contribution in [-0.2, 0) is 4.79 Å². The van der Waals surface area contributed by atoms with Crippen LogP contribution in [0.5, 0.6) is 0 Å². The van der Waals surface area contributed by atoms with E-state index in [9.17, 15) is 4.79 Å². The number of nitrogens with two attached hydrogens (primary N) is 1. The van der Waals surface area contributed by atoms with E-state index in [1.165, 1.54) is 12.8 Å². The third kappa shape index (κ3) is 4.42. The molecule has 104 valence electrons. The average molecular weight is 253 g/mol. The minimum absolute atomic E-state index is 0.195. The normalized spacial score (nSPS) is 20.7. The van der Waals surface area contributed by atoms with E-state index >= 15 is 0 Å². The number of carbonyl (C=O) groups excluding carboxylic acids is 1. The van der Waals surface area contributed by atoms with Crippen molar-refractivity contribution < 1.29 is 4.79 Å². The maximum Gasteiger partial charge on any atom is 0.237 e. The molecule has 0 bridgehead atoms. The molecule has 1 atom stereocenters. The van der Waals surface area contributed by atoms with Gasteiger partial charge in [0.05, 0.1) is 6.54 Å². The fraction of sp³-hybridized carbons (Fsp3) is 0.786. The predicted molar refractivity (Wildman–Crippen MR) is 75.3 cm³/mol. The van der Waals surface area contributed by atoms with Crippen molar-refractivity contribution in [2.75, 3.05) is 32.7 Å². The Kier molecular flexibility index (Phi) is 6.36. The average Bonchev–Trinajstić information content (AvgIpc) is 2.36. The Morgan fingerprint density at radius 2 is 2.22 bits per heavy atom. The van der Waals surface area contributed by atoms with Crippen molar-refractivity contribution in [1.82, 2.24) is 9.80 Å². The van der Waals surface area contributed by atoms with Gasteiger partial charge in [-0.25, -0.2) is 0 Å². The first-order chi connectivity index (χ1) is 8.58. The second-order valence-electron chi connectivity index (χ2n) is 5.22. The Balaban J connectivity index is 2.52. The molecule has 0 saturated carbocycles. The topological polar surface area (TPSA) is 49.6 Å². The Labute approximate surface area is 111 Å². The number of rotatable bonds is 6. The largest absolute Gasteiger partial charge is 0.338 e. The minimum atomic E-state index is 0.195. The van der Waals surface area contributed by atoms with Gasteiger partial charge >= 0.3 is 0 Å². The lowest BCUT2D eigenvalue weighted by atomic mass is 10.0. The van der Waals surface area contributed by atoms with Crippen molar-refractivity contribution in [3.05, 3.63) is 12.2 Å². The molecule has 1 amide bonds. The summed E-state index contributed by atoms with van der Waals surface area (Å²) in [6.45, 7) is 11.4. The van der Waals surface area contributed by atoms with Crippen LogP contribution in [0.2, 0.25) is 0 Å². The van der Waals surface area contributed by atoms with E-state index in [0.29, 0.717) is 25.7 Å². The van der Waals surface area contributed by atoms with E-state index in [4.69, 9.17) is 5.73 Å². The fourth-order valence-corrected chi connectivity index (χ4v) is 2.51. The molecule has 18 heavy (non-hydrogen) atoms. The highest BCUT2D eigenvalue weighted by Crippen LogP contribution is 2.16. The molecule has 1 fully saturated rings. The first kappa shape index (κ1) is 15.2. The van der Waals surface area contributed by atoms with Crippen LogP contribution in [0, 0.1) is 0 Å². The summed E-state index contributed by atoms with van der Waals surface area (Å²) in [5.74, 6) is 0.195. The van der Waals surface area contributed by atoms with Crippen molar-refractivity contribution in [2.45, 2.75) is 39.2 Å². The predicted octanol–water partition coefficient (Wildman–Crippen LogP) is 1.22. The van der Waals surface area contributed by atoms with Crippen LogP contribution in [0.1, 0.15) is 33.1 Å². The Bertz CT molecular complexity index is 291. The Hall–Kier alpha value is -0.870. The summed E-state index contributed by atoms with van der Waals surface area (Å²) in [6, 6.07) is 0.381. The van der Waals surface area contributed by atoms with Gasteiger partial charge < -0.3 is 10.6 Å². The third-order valence-electron chi connectivity index (χ3n) is 3.55. The van der Waals surface area contributed by atoms with Gasteiger partial charge in [0.1, 0.15) is 0 Å². The zero-order valence-electron chi connectivity index (χ0n) is 11.8. The number of hydrogen-bond donors (Lipinski definition) is 1. The van der Waals surface area contributed by atoms with Crippen LogP contribution in [0.3, 0.4) is 0 Å². The van der Waals surface area contributed by atoms with Crippen LogP contribution in [-0.4, -0.2) is 54.5 Å². The van der Waals surface area contributed by atoms with Gasteiger partial charge in [0, 0.05) is 25.7 Å². The monoisotopic (exact) mass is 253 g/mol. The Morgan fingerprint density at radius 1 is 1.50 bits per heavy atom. The van der Waals surface area contributed by atoms with E-state index in [2.05, 4.69) is 11.5 Å². The molecule has 0 spiro atoms. The van der Waals surface area contributed by atoms with Crippen molar-refractivity contribution in [1.29, 1.82) is 0 Å². The summed E-state index contributed by atoms with van der Waals surface area (Å²) in [5.41, 5.74) is 6.81. The second-order valence-corrected chi connectivity index (χ2v) is 5.22. The molecule has 0 aromatic heterocycles. The standard InChI is InChI=1S/C14H27N3O/c1-4-16(10-12(2)3)14(18)11-17-8-6-5-7-13(17)9-15/h13H,2,4-11,15H2,1,3H3. The number of nitrogens with zero attached hydrogens (tertiary/aromatic N) is 2. The fourth-order valence-electron chi connectivity index (χ4n) is 2.51. The number of hydrogen-bond acceptors (Lipinski definition) is 3. The van der Waals surface area contributed by atoms with Gasteiger partial charge in [0.25, 0.3) is 0 Å². The zero-order chi connectivity index (χ0) is 13.5. The summed E-state index contributed by atoms with van der Waals surface area (Å²) >= 11 is 0. The molecule has 0 aromatic rings. The van der Waals surface area contributed by atoms with Crippen LogP contribution in [0.4, 0.5) is 0 Å². The van der Waals surface area contributed by atoms with E-state index < -0.39 is 0 Å². The SMILES string of the molecule is C=C(C)CN(CC)C(=O)CN1CCCCC1CN. The summed E-state index contributed by atoms with van der Waals surface area (Å²) in [4.78, 5) is 16.4. The molecule has 0 aromatic carbocycles. The van der Waals surface area contributed by atoms with Crippen molar-refractivity contribution in [2.24, 2.45) is 5.73 Å². The quantitative estimate of drug-likeness (QED) is 0.724. The lowest BCUT2D eigenvalue weighted by Gasteiger charge is -2.35. The number of amides is 1. The van der Waals surface area contributed by atoms with Crippen molar-refractivity contribution in [3.8, 4) is 0 Å². The molecular formula is C14H27N3O. The lowest BCUT2D eigenvalue weighted by molar-refractivity contribution is -0.132. The van der Waals surface area contributed by atoms with E-state index in [0.717, 1.165) is 25.1 Å². The van der Waals surface area contributed by atoms with Gasteiger partial charge in [-0.15, -0.1) is 0 Å². The molecule has 1 saturated heterocycles. The van der Waals surface area contributed by atoms with Crippen LogP contribution < -0.4 is 5.73 Å². The molecule has 0 aliphatic carbocycles. The molecular weight excluding hydrogens is 226 g/mol. The first-order valence-electron chi connectivity index (χ1n) is 6.94. The van der Waals surface area contributed by atoms with Gasteiger partial charge in [-0.05, 0) is 33.2 Å². The Morgan fingerprint density at radius 3 is 2.78 bits per heavy atom. The molecule has 1 heterocycles. The second kappa shape index (κ2) is 7.54. The lowest BCUT2D eigenvalue weighted by Crippen LogP contribution is -2.49. The number of piperidine rings is 1. The summed E-state index contributed by atoms with van der Waals surface area (Å²) < 4.78 is 0. The number of likely N-dealkylation sites (N-methyl/N-ethyl adjacent to an activating group) is 1. The minimum Gasteiger partial charge on any atom is -0.338 e. The van der Waals surface area contributed by atoms with Gasteiger partial charge in [0.15, 0.2) is 0 Å². The molecule has 1 aliphatic heterocycles. The summed E-state index contributed by atoms with van der Waals surface area (Å²) in [7, 11) is 0. The van der Waals surface area contributed by atoms with E-state index in [1.807, 2.05) is 18.7 Å². The highest BCUT2D eigenvalue weighted by atomic mass is 16.2. The van der Waals surface area contributed by atoms with Gasteiger partial charge in [-0.2, -0.15) is 0 Å². The van der Waals surface area contributed by atoms with E-state index in [-0.39, 0.29) is 5.91 Å². The maximum absolute atomic E-state index is 12.2.